The van der Waals surface area contributed by atoms with Gasteiger partial charge in [-0.2, -0.15) is 5.10 Å². The number of fused-ring (bicyclic) bond motifs is 2. The fraction of sp³-hybridized carbons (Fsp3) is 0.341. The molecule has 9 N–H and O–H groups in total. The molecular formula is C41H52N13O6+. The maximum Gasteiger partial charge on any atom is 0.407 e. The van der Waals surface area contributed by atoms with Crippen molar-refractivity contribution in [3.05, 3.63) is 88.9 Å². The molecular weight excluding hydrogens is 771 g/mol. The quantitative estimate of drug-likeness (QED) is 0.0314. The third-order valence-corrected chi connectivity index (χ3v) is 8.81. The molecule has 19 heteroatoms. The normalized spacial score (nSPS) is 11.9. The topological polar surface area (TPSA) is 263 Å². The number of imidazole rings is 2. The van der Waals surface area contributed by atoms with Crippen molar-refractivity contribution in [2.24, 2.45) is 5.73 Å². The number of benzene rings is 2. The van der Waals surface area contributed by atoms with E-state index in [9.17, 15) is 24.0 Å². The third-order valence-electron chi connectivity index (χ3n) is 8.81. The standard InChI is InChI=1S/C41H51N13O6/c1-8-44-30(20-24(3)42)36(57)49-38-48-29-23-27(35(56)45-16-17-46-40(59)60-41(5,6)7)13-15-32(29)52(38)18-10-11-19-53-31-14-12-26(34(43)55)22-28(31)47-39(53)50-37(58)33-21-25(4)51-54(33)9-2/h10-15,20-23,42,44H,8-9,16-19H2,1-7H3,(H2,43,55)(H,45,56)(H,46,59)(H,47,50,58)(H,48,49,57)/p+1/b11-10+,30-20-,42-24?. The van der Waals surface area contributed by atoms with E-state index < -0.39 is 29.4 Å². The van der Waals surface area contributed by atoms with Gasteiger partial charge in [0.05, 0.1) is 34.3 Å². The molecule has 0 aliphatic carbocycles. The summed E-state index contributed by atoms with van der Waals surface area (Å²) in [6, 6.07) is 11.5. The van der Waals surface area contributed by atoms with E-state index in [1.165, 1.54) is 6.08 Å². The van der Waals surface area contributed by atoms with Crippen molar-refractivity contribution in [2.75, 3.05) is 30.3 Å². The summed E-state index contributed by atoms with van der Waals surface area (Å²) in [5.41, 5.74) is 9.19. The lowest BCUT2D eigenvalue weighted by molar-refractivity contribution is -0.596. The predicted molar refractivity (Wildman–Crippen MR) is 227 cm³/mol. The molecule has 0 radical (unpaired) electrons. The molecule has 5 rings (SSSR count). The van der Waals surface area contributed by atoms with Crippen LogP contribution >= 0.6 is 0 Å². The van der Waals surface area contributed by atoms with Crippen LogP contribution < -0.4 is 32.3 Å². The zero-order valence-corrected chi connectivity index (χ0v) is 34.8. The number of hydrogen-bond acceptors (Lipinski definition) is 10. The first-order chi connectivity index (χ1) is 28.5. The molecule has 0 saturated carbocycles. The van der Waals surface area contributed by atoms with E-state index in [1.807, 2.05) is 26.0 Å². The van der Waals surface area contributed by atoms with Gasteiger partial charge in [-0.05, 0) is 90.9 Å². The van der Waals surface area contributed by atoms with Crippen LogP contribution in [0.25, 0.3) is 22.1 Å². The molecule has 0 fully saturated rings. The number of carbonyl (C=O) groups excluding carboxylic acids is 5. The Balaban J connectivity index is 1.42. The number of nitrogens with zero attached hydrogens (tertiary/aromatic N) is 6. The van der Waals surface area contributed by atoms with Crippen LogP contribution in [-0.4, -0.2) is 89.6 Å². The highest BCUT2D eigenvalue weighted by Crippen LogP contribution is 2.24. The van der Waals surface area contributed by atoms with Gasteiger partial charge in [-0.15, -0.1) is 0 Å². The molecule has 0 spiro atoms. The number of alkyl carbamates (subject to hydrolysis) is 1. The first-order valence-electron chi connectivity index (χ1n) is 19.5. The Morgan fingerprint density at radius 1 is 0.850 bits per heavy atom. The zero-order valence-electron chi connectivity index (χ0n) is 34.8. The number of primary amides is 1. The Morgan fingerprint density at radius 3 is 2.00 bits per heavy atom. The summed E-state index contributed by atoms with van der Waals surface area (Å²) in [5, 5.41) is 25.2. The number of aryl methyl sites for hydroxylation is 2. The van der Waals surface area contributed by atoms with Gasteiger partial charge in [-0.1, -0.05) is 12.2 Å². The van der Waals surface area contributed by atoms with Gasteiger partial charge in [0.25, 0.3) is 11.8 Å². The molecule has 0 aliphatic heterocycles. The fourth-order valence-corrected chi connectivity index (χ4v) is 6.21. The lowest BCUT2D eigenvalue weighted by atomic mass is 10.2. The molecule has 0 atom stereocenters. The Morgan fingerprint density at radius 2 is 1.43 bits per heavy atom. The van der Waals surface area contributed by atoms with Crippen molar-refractivity contribution in [2.45, 2.75) is 73.7 Å². The minimum atomic E-state index is -0.651. The summed E-state index contributed by atoms with van der Waals surface area (Å²) < 4.78 is 10.4. The Labute approximate surface area is 346 Å². The monoisotopic (exact) mass is 822 g/mol. The number of aromatic nitrogens is 6. The van der Waals surface area contributed by atoms with E-state index in [1.54, 1.807) is 96.2 Å². The van der Waals surface area contributed by atoms with E-state index in [2.05, 4.69) is 31.3 Å². The molecule has 0 bridgehead atoms. The second-order valence-electron chi connectivity index (χ2n) is 14.8. The van der Waals surface area contributed by atoms with Gasteiger partial charge >= 0.3 is 12.0 Å². The predicted octanol–water partition coefficient (Wildman–Crippen LogP) is 3.22. The number of nitrogens with two attached hydrogens (primary N) is 2. The van der Waals surface area contributed by atoms with Crippen molar-refractivity contribution in [3.8, 4) is 0 Å². The number of allylic oxidation sites excluding steroid dienone is 3. The van der Waals surface area contributed by atoms with E-state index in [0.29, 0.717) is 57.8 Å². The van der Waals surface area contributed by atoms with Gasteiger partial charge in [0, 0.05) is 55.6 Å². The van der Waals surface area contributed by atoms with Crippen molar-refractivity contribution in [3.63, 3.8) is 0 Å². The summed E-state index contributed by atoms with van der Waals surface area (Å²) >= 11 is 0. The summed E-state index contributed by atoms with van der Waals surface area (Å²) in [6.07, 6.45) is 4.60. The van der Waals surface area contributed by atoms with Crippen LogP contribution in [-0.2, 0) is 29.2 Å². The van der Waals surface area contributed by atoms with Crippen LogP contribution in [0.5, 0.6) is 0 Å². The minimum Gasteiger partial charge on any atom is -0.444 e. The number of rotatable bonds is 17. The summed E-state index contributed by atoms with van der Waals surface area (Å²) in [4.78, 5) is 73.4. The van der Waals surface area contributed by atoms with Crippen LogP contribution in [0.15, 0.2) is 66.4 Å². The molecule has 316 valence electrons. The lowest BCUT2D eigenvalue weighted by Gasteiger charge is -2.19. The van der Waals surface area contributed by atoms with E-state index in [0.717, 1.165) is 0 Å². The molecule has 60 heavy (non-hydrogen) atoms. The average molecular weight is 823 g/mol. The highest BCUT2D eigenvalue weighted by atomic mass is 16.6. The largest absolute Gasteiger partial charge is 0.444 e. The van der Waals surface area contributed by atoms with Crippen LogP contribution in [0.2, 0.25) is 0 Å². The Kier molecular flexibility index (Phi) is 14.0. The molecule has 5 aromatic rings. The number of hydrogen-bond donors (Lipinski definition) is 7. The lowest BCUT2D eigenvalue weighted by Crippen LogP contribution is -2.83. The molecule has 5 amide bonds. The van der Waals surface area contributed by atoms with Crippen molar-refractivity contribution in [1.29, 1.82) is 5.41 Å². The van der Waals surface area contributed by atoms with Crippen LogP contribution in [0, 0.1) is 12.3 Å². The number of ether oxygens (including phenoxy) is 1. The van der Waals surface area contributed by atoms with Gasteiger partial charge in [-0.25, -0.2) is 14.8 Å². The molecule has 0 aliphatic rings. The smallest absolute Gasteiger partial charge is 0.407 e. The van der Waals surface area contributed by atoms with Crippen LogP contribution in [0.1, 0.15) is 78.4 Å². The first-order valence-corrected chi connectivity index (χ1v) is 19.5. The zero-order chi connectivity index (χ0) is 43.7. The van der Waals surface area contributed by atoms with Gasteiger partial charge in [0.2, 0.25) is 17.8 Å². The van der Waals surface area contributed by atoms with Gasteiger partial charge in [0.15, 0.2) is 5.70 Å². The highest BCUT2D eigenvalue weighted by molar-refractivity contribution is 6.06. The van der Waals surface area contributed by atoms with E-state index >= 15 is 0 Å². The fourth-order valence-electron chi connectivity index (χ4n) is 6.21. The van der Waals surface area contributed by atoms with Crippen molar-refractivity contribution < 1.29 is 34.0 Å². The molecule has 0 unspecified atom stereocenters. The van der Waals surface area contributed by atoms with Gasteiger partial charge in [0.1, 0.15) is 11.3 Å². The maximum atomic E-state index is 13.5. The van der Waals surface area contributed by atoms with Gasteiger partial charge < -0.3 is 41.0 Å². The first kappa shape index (κ1) is 44.0. The molecule has 0 saturated heterocycles. The van der Waals surface area contributed by atoms with Crippen molar-refractivity contribution in [1.82, 2.24) is 39.5 Å². The summed E-state index contributed by atoms with van der Waals surface area (Å²) in [7, 11) is 0. The molecule has 2 aromatic carbocycles. The number of carbonyl (C=O) groups is 5. The summed E-state index contributed by atoms with van der Waals surface area (Å²) in [5.74, 6) is -1.42. The Hall–Kier alpha value is -7.15. The maximum absolute atomic E-state index is 13.5. The van der Waals surface area contributed by atoms with E-state index in [-0.39, 0.29) is 55.3 Å². The number of nitrogens with one attached hydrogen (secondary N) is 5. The van der Waals surface area contributed by atoms with Crippen LogP contribution in [0.4, 0.5) is 16.7 Å². The summed E-state index contributed by atoms with van der Waals surface area (Å²) in [6.45, 7) is 14.3. The van der Waals surface area contributed by atoms with E-state index in [4.69, 9.17) is 20.9 Å². The number of quaternary nitrogens is 1. The molecule has 19 nitrogen and oxygen atoms in total. The van der Waals surface area contributed by atoms with Crippen molar-refractivity contribution >= 4 is 69.4 Å². The number of amides is 5. The van der Waals surface area contributed by atoms with Gasteiger partial charge in [-0.3, -0.25) is 34.5 Å². The molecule has 3 aromatic heterocycles. The average Bonchev–Trinajstić information content (AvgIpc) is 3.84. The SMILES string of the molecule is CC[NH2+]/C(=C\C(C)=N)C(=O)Nc1nc2cc(C(=O)NCCNC(=O)OC(C)(C)C)ccc2n1C/C=C/Cn1c(NC(=O)c2cc(C)nn2CC)nc2cc(C(N)=O)ccc21. The highest BCUT2D eigenvalue weighted by Gasteiger charge is 2.21. The second-order valence-corrected chi connectivity index (χ2v) is 14.8. The number of anilines is 2. The minimum absolute atomic E-state index is 0.152. The Bertz CT molecular complexity index is 2520. The molecule has 3 heterocycles. The number of likely N-dealkylation sites (N-methyl/N-ethyl adjacent to an activating group) is 1. The second kappa shape index (κ2) is 19.1. The van der Waals surface area contributed by atoms with Crippen LogP contribution in [0.3, 0.4) is 0 Å². The third kappa shape index (κ3) is 11.1.